The number of hydroxylamine groups is 1. The fourth-order valence-corrected chi connectivity index (χ4v) is 2.37. The Hall–Kier alpha value is -2.97. The van der Waals surface area contributed by atoms with Crippen LogP contribution in [-0.4, -0.2) is 25.9 Å². The molecule has 9 heteroatoms. The van der Waals surface area contributed by atoms with Gasteiger partial charge in [-0.3, -0.25) is 26.2 Å². The summed E-state index contributed by atoms with van der Waals surface area (Å²) in [6.45, 7) is 0. The van der Waals surface area contributed by atoms with Crippen LogP contribution in [0.2, 0.25) is 5.02 Å². The quantitative estimate of drug-likeness (QED) is 0.254. The maximum Gasteiger partial charge on any atom is 0.270 e. The number of imidazole rings is 1. The molecule has 1 heterocycles. The molecule has 0 aliphatic heterocycles. The Bertz CT molecular complexity index is 937. The first-order valence-electron chi connectivity index (χ1n) is 6.42. The average molecular weight is 332 g/mol. The second-order valence-corrected chi connectivity index (χ2v) is 5.13. The van der Waals surface area contributed by atoms with E-state index in [0.717, 1.165) is 0 Å². The van der Waals surface area contributed by atoms with E-state index in [1.807, 2.05) is 0 Å². The van der Waals surface area contributed by atoms with Crippen molar-refractivity contribution >= 4 is 34.2 Å². The Morgan fingerprint density at radius 1 is 1.35 bits per heavy atom. The minimum atomic E-state index is -0.505. The Balaban J connectivity index is 2.12. The van der Waals surface area contributed by atoms with Gasteiger partial charge in [0.25, 0.3) is 5.69 Å². The predicted octanol–water partition coefficient (Wildman–Crippen LogP) is 3.10. The van der Waals surface area contributed by atoms with E-state index in [-0.39, 0.29) is 11.5 Å². The summed E-state index contributed by atoms with van der Waals surface area (Å²) in [5.41, 5.74) is 3.77. The van der Waals surface area contributed by atoms with E-state index >= 15 is 0 Å². The van der Waals surface area contributed by atoms with Crippen molar-refractivity contribution in [3.05, 3.63) is 57.1 Å². The van der Waals surface area contributed by atoms with Crippen LogP contribution in [0.1, 0.15) is 5.56 Å². The zero-order valence-electron chi connectivity index (χ0n) is 11.5. The van der Waals surface area contributed by atoms with Crippen molar-refractivity contribution in [1.82, 2.24) is 15.4 Å². The van der Waals surface area contributed by atoms with Gasteiger partial charge in [0.2, 0.25) is 0 Å². The summed E-state index contributed by atoms with van der Waals surface area (Å²) in [5, 5.41) is 27.6. The number of aromatic amines is 1. The zero-order chi connectivity index (χ0) is 16.6. The predicted molar refractivity (Wildman–Crippen MR) is 84.9 cm³/mol. The number of fused-ring (bicyclic) bond motifs is 1. The maximum absolute atomic E-state index is 10.9. The molecule has 2 aromatic carbocycles. The van der Waals surface area contributed by atoms with Crippen molar-refractivity contribution in [2.24, 2.45) is 0 Å². The molecule has 1 aromatic heterocycles. The summed E-state index contributed by atoms with van der Waals surface area (Å²) < 4.78 is 0. The molecule has 4 N–H and O–H groups in total. The monoisotopic (exact) mass is 331 g/mol. The van der Waals surface area contributed by atoms with Crippen LogP contribution in [-0.2, 0) is 0 Å². The van der Waals surface area contributed by atoms with Crippen molar-refractivity contribution < 1.29 is 10.1 Å². The lowest BCUT2D eigenvalue weighted by Crippen LogP contribution is -2.18. The largest absolute Gasteiger partial charge is 0.338 e. The molecule has 0 spiro atoms. The van der Waals surface area contributed by atoms with Crippen LogP contribution < -0.4 is 5.48 Å². The highest BCUT2D eigenvalue weighted by molar-refractivity contribution is 6.33. The molecular formula is C14H10ClN5O3. The third kappa shape index (κ3) is 2.72. The molecule has 0 bridgehead atoms. The van der Waals surface area contributed by atoms with Gasteiger partial charge in [0.05, 0.1) is 21.0 Å². The molecule has 0 atom stereocenters. The highest BCUT2D eigenvalue weighted by atomic mass is 35.5. The third-order valence-electron chi connectivity index (χ3n) is 3.30. The van der Waals surface area contributed by atoms with Gasteiger partial charge in [-0.25, -0.2) is 4.98 Å². The van der Waals surface area contributed by atoms with Crippen molar-refractivity contribution in [2.75, 3.05) is 0 Å². The number of hydrogen-bond acceptors (Lipinski definition) is 5. The number of rotatable bonds is 3. The van der Waals surface area contributed by atoms with Crippen LogP contribution in [0.4, 0.5) is 5.69 Å². The molecule has 0 amide bonds. The van der Waals surface area contributed by atoms with Crippen LogP contribution in [0.5, 0.6) is 0 Å². The molecule has 23 heavy (non-hydrogen) atoms. The number of aromatic nitrogens is 2. The number of H-pyrrole nitrogens is 1. The van der Waals surface area contributed by atoms with Crippen LogP contribution in [0.15, 0.2) is 36.4 Å². The first-order chi connectivity index (χ1) is 11.0. The molecule has 8 nitrogen and oxygen atoms in total. The topological polar surface area (TPSA) is 128 Å². The molecule has 0 radical (unpaired) electrons. The van der Waals surface area contributed by atoms with E-state index in [9.17, 15) is 10.1 Å². The number of benzene rings is 2. The Kier molecular flexibility index (Phi) is 3.68. The number of nitrogens with one attached hydrogen (secondary N) is 3. The number of nitro benzene ring substituents is 1. The van der Waals surface area contributed by atoms with E-state index in [1.165, 1.54) is 18.2 Å². The Morgan fingerprint density at radius 3 is 2.83 bits per heavy atom. The molecule has 0 aliphatic rings. The van der Waals surface area contributed by atoms with Gasteiger partial charge in [0.1, 0.15) is 11.7 Å². The molecule has 116 valence electrons. The number of hydrogen-bond donors (Lipinski definition) is 4. The van der Waals surface area contributed by atoms with Gasteiger partial charge in [-0.15, -0.1) is 0 Å². The van der Waals surface area contributed by atoms with Gasteiger partial charge in [0, 0.05) is 23.3 Å². The molecule has 0 fully saturated rings. The van der Waals surface area contributed by atoms with Gasteiger partial charge in [0.15, 0.2) is 0 Å². The number of non-ortho nitro benzene ring substituents is 1. The third-order valence-corrected chi connectivity index (χ3v) is 3.63. The molecule has 0 saturated heterocycles. The van der Waals surface area contributed by atoms with E-state index in [4.69, 9.17) is 22.2 Å². The molecule has 3 rings (SSSR count). The van der Waals surface area contributed by atoms with Crippen molar-refractivity contribution in [3.63, 3.8) is 0 Å². The molecule has 0 unspecified atom stereocenters. The molecular weight excluding hydrogens is 322 g/mol. The first kappa shape index (κ1) is 14.9. The summed E-state index contributed by atoms with van der Waals surface area (Å²) in [4.78, 5) is 17.8. The minimum absolute atomic E-state index is 0.0863. The molecule has 0 aliphatic carbocycles. The van der Waals surface area contributed by atoms with E-state index in [2.05, 4.69) is 9.97 Å². The summed E-state index contributed by atoms with van der Waals surface area (Å²) >= 11 is 6.11. The smallest absolute Gasteiger partial charge is 0.270 e. The number of nitrogens with zero attached hydrogens (tertiary/aromatic N) is 2. The van der Waals surface area contributed by atoms with E-state index < -0.39 is 4.92 Å². The Labute approximate surface area is 134 Å². The van der Waals surface area contributed by atoms with E-state index in [1.54, 1.807) is 23.7 Å². The second-order valence-electron chi connectivity index (χ2n) is 4.73. The zero-order valence-corrected chi connectivity index (χ0v) is 12.3. The second kappa shape index (κ2) is 5.67. The van der Waals surface area contributed by atoms with Crippen molar-refractivity contribution in [2.45, 2.75) is 0 Å². The number of halogens is 1. The van der Waals surface area contributed by atoms with Crippen LogP contribution >= 0.6 is 11.6 Å². The van der Waals surface area contributed by atoms with Gasteiger partial charge in [-0.2, -0.15) is 0 Å². The van der Waals surface area contributed by atoms with Crippen LogP contribution in [0.3, 0.4) is 0 Å². The van der Waals surface area contributed by atoms with Crippen molar-refractivity contribution in [1.29, 1.82) is 5.41 Å². The van der Waals surface area contributed by atoms with Gasteiger partial charge in [-0.1, -0.05) is 11.6 Å². The fourth-order valence-electron chi connectivity index (χ4n) is 2.17. The standard InChI is InChI=1S/C14H10ClN5O3/c15-10-3-2-8(20(22)23)6-9(10)14-17-11-4-1-7(13(16)19-21)5-12(11)18-14/h1-6,21H,(H2,16,19)(H,17,18). The number of amidine groups is 1. The van der Waals surface area contributed by atoms with Gasteiger partial charge in [-0.05, 0) is 24.3 Å². The first-order valence-corrected chi connectivity index (χ1v) is 6.80. The highest BCUT2D eigenvalue weighted by Gasteiger charge is 2.15. The minimum Gasteiger partial charge on any atom is -0.338 e. The SMILES string of the molecule is N=C(NO)c1ccc2nc(-c3cc([N+](=O)[O-])ccc3Cl)[nH]c2c1. The summed E-state index contributed by atoms with van der Waals surface area (Å²) in [6, 6.07) is 9.02. The molecule has 0 saturated carbocycles. The lowest BCUT2D eigenvalue weighted by molar-refractivity contribution is -0.384. The summed E-state index contributed by atoms with van der Waals surface area (Å²) in [6.07, 6.45) is 0. The van der Waals surface area contributed by atoms with Crippen LogP contribution in [0, 0.1) is 15.5 Å². The highest BCUT2D eigenvalue weighted by Crippen LogP contribution is 2.31. The molecule has 3 aromatic rings. The van der Waals surface area contributed by atoms with Crippen molar-refractivity contribution in [3.8, 4) is 11.4 Å². The van der Waals surface area contributed by atoms with E-state index in [0.29, 0.717) is 33.0 Å². The summed E-state index contributed by atoms with van der Waals surface area (Å²) in [5.74, 6) is 0.228. The lowest BCUT2D eigenvalue weighted by Gasteiger charge is -2.00. The normalized spacial score (nSPS) is 10.7. The van der Waals surface area contributed by atoms with Crippen LogP contribution in [0.25, 0.3) is 22.4 Å². The lowest BCUT2D eigenvalue weighted by atomic mass is 10.2. The summed E-state index contributed by atoms with van der Waals surface area (Å²) in [7, 11) is 0. The number of nitro groups is 1. The maximum atomic E-state index is 10.9. The fraction of sp³-hybridized carbons (Fsp3) is 0. The Morgan fingerprint density at radius 2 is 2.13 bits per heavy atom. The van der Waals surface area contributed by atoms with Gasteiger partial charge >= 0.3 is 0 Å². The van der Waals surface area contributed by atoms with Gasteiger partial charge < -0.3 is 4.98 Å². The average Bonchev–Trinajstić information content (AvgIpc) is 2.96.